The minimum atomic E-state index is -3.99. The van der Waals surface area contributed by atoms with Gasteiger partial charge < -0.3 is 4.57 Å². The number of aromatic nitrogens is 1. The minimum Gasteiger partial charge on any atom is -0.306 e. The first-order chi connectivity index (χ1) is 11.0. The van der Waals surface area contributed by atoms with Crippen LogP contribution in [0.25, 0.3) is 0 Å². The number of nitrogens with one attached hydrogen (secondary N) is 1. The molecule has 1 aliphatic rings. The van der Waals surface area contributed by atoms with Crippen molar-refractivity contribution >= 4 is 21.8 Å². The summed E-state index contributed by atoms with van der Waals surface area (Å²) in [5.74, 6) is -0.761. The lowest BCUT2D eigenvalue weighted by Crippen LogP contribution is -2.44. The van der Waals surface area contributed by atoms with E-state index in [1.54, 1.807) is 24.3 Å². The largest absolute Gasteiger partial charge is 0.326 e. The third kappa shape index (κ3) is 3.11. The molecule has 2 heterocycles. The molecule has 3 rings (SSSR count). The molecule has 1 amide bonds. The number of rotatable bonds is 4. The summed E-state index contributed by atoms with van der Waals surface area (Å²) in [5.41, 5.74) is 1.13. The van der Waals surface area contributed by atoms with Crippen LogP contribution in [0.5, 0.6) is 0 Å². The second-order valence-corrected chi connectivity index (χ2v) is 6.74. The summed E-state index contributed by atoms with van der Waals surface area (Å²) >= 11 is 0. The highest BCUT2D eigenvalue weighted by Gasteiger charge is 2.30. The molecule has 0 aliphatic carbocycles. The quantitative estimate of drug-likeness (QED) is 0.870. The highest BCUT2D eigenvalue weighted by atomic mass is 32.2. The predicted molar refractivity (Wildman–Crippen MR) is 85.3 cm³/mol. The first-order valence-electron chi connectivity index (χ1n) is 7.04. The Bertz CT molecular complexity index is 905. The molecule has 8 heteroatoms. The van der Waals surface area contributed by atoms with Crippen LogP contribution in [0, 0.1) is 0 Å². The molecule has 1 aliphatic heterocycles. The zero-order valence-corrected chi connectivity index (χ0v) is 13.0. The Hall–Kier alpha value is -2.61. The lowest BCUT2D eigenvalue weighted by Gasteiger charge is -2.19. The molecule has 0 spiro atoms. The van der Waals surface area contributed by atoms with E-state index in [4.69, 9.17) is 0 Å². The van der Waals surface area contributed by atoms with E-state index in [0.29, 0.717) is 12.1 Å². The van der Waals surface area contributed by atoms with Crippen LogP contribution in [0.3, 0.4) is 0 Å². The third-order valence-corrected chi connectivity index (χ3v) is 5.04. The van der Waals surface area contributed by atoms with Gasteiger partial charge in [-0.2, -0.15) is 8.42 Å². The number of carbonyl (C=O) groups is 1. The lowest BCUT2D eigenvalue weighted by atomic mass is 10.2. The van der Waals surface area contributed by atoms with Crippen molar-refractivity contribution in [3.05, 3.63) is 64.6 Å². The zero-order chi connectivity index (χ0) is 16.4. The van der Waals surface area contributed by atoms with Gasteiger partial charge in [-0.3, -0.25) is 13.9 Å². The van der Waals surface area contributed by atoms with E-state index in [-0.39, 0.29) is 18.6 Å². The number of hydrogen-bond donors (Lipinski definition) is 1. The second kappa shape index (κ2) is 5.88. The molecular formula is C15H15N3O4S. The van der Waals surface area contributed by atoms with Crippen molar-refractivity contribution in [2.75, 3.05) is 10.8 Å². The van der Waals surface area contributed by atoms with Crippen LogP contribution in [0.1, 0.15) is 5.56 Å². The van der Waals surface area contributed by atoms with Gasteiger partial charge in [-0.1, -0.05) is 24.3 Å². The molecule has 1 aromatic heterocycles. The normalized spacial score (nSPS) is 13.7. The standard InChI is InChI=1S/C15H15N3O4S/c19-14(11-17-9-4-3-7-15(17)20)16-23(21,22)18-10-8-12-5-1-2-6-13(12)18/h1-7,9H,8,10-11H2,(H,16,19). The topological polar surface area (TPSA) is 88.5 Å². The smallest absolute Gasteiger partial charge is 0.306 e. The monoisotopic (exact) mass is 333 g/mol. The van der Waals surface area contributed by atoms with Crippen molar-refractivity contribution in [3.8, 4) is 0 Å². The molecule has 7 nitrogen and oxygen atoms in total. The Labute approximate surface area is 133 Å². The Kier molecular flexibility index (Phi) is 3.91. The summed E-state index contributed by atoms with van der Waals surface area (Å²) in [6.45, 7) is -0.0678. The predicted octanol–water partition coefficient (Wildman–Crippen LogP) is 0.272. The summed E-state index contributed by atoms with van der Waals surface area (Å²) in [6, 6.07) is 11.6. The van der Waals surface area contributed by atoms with E-state index in [1.807, 2.05) is 16.9 Å². The van der Waals surface area contributed by atoms with E-state index in [1.165, 1.54) is 16.6 Å². The first kappa shape index (κ1) is 15.3. The van der Waals surface area contributed by atoms with Gasteiger partial charge in [0.25, 0.3) is 11.5 Å². The SMILES string of the molecule is O=C(Cn1ccccc1=O)NS(=O)(=O)N1CCc2ccccc21. The van der Waals surface area contributed by atoms with Crippen LogP contribution in [0.15, 0.2) is 53.5 Å². The molecule has 1 aromatic carbocycles. The number of para-hydroxylation sites is 1. The number of anilines is 1. The molecule has 1 N–H and O–H groups in total. The van der Waals surface area contributed by atoms with Gasteiger partial charge in [0.2, 0.25) is 0 Å². The maximum absolute atomic E-state index is 12.4. The number of benzene rings is 1. The van der Waals surface area contributed by atoms with E-state index in [9.17, 15) is 18.0 Å². The Morgan fingerprint density at radius 1 is 1.13 bits per heavy atom. The van der Waals surface area contributed by atoms with Gasteiger partial charge in [0, 0.05) is 18.8 Å². The average molecular weight is 333 g/mol. The van der Waals surface area contributed by atoms with Crippen LogP contribution in [0.4, 0.5) is 5.69 Å². The van der Waals surface area contributed by atoms with Crippen LogP contribution in [-0.4, -0.2) is 25.4 Å². The van der Waals surface area contributed by atoms with Gasteiger partial charge in [-0.15, -0.1) is 0 Å². The number of nitrogens with zero attached hydrogens (tertiary/aromatic N) is 2. The van der Waals surface area contributed by atoms with Gasteiger partial charge in [-0.05, 0) is 24.1 Å². The fourth-order valence-electron chi connectivity index (χ4n) is 2.53. The highest BCUT2D eigenvalue weighted by Crippen LogP contribution is 2.29. The Morgan fingerprint density at radius 2 is 1.87 bits per heavy atom. The summed E-state index contributed by atoms with van der Waals surface area (Å²) in [5, 5.41) is 0. The molecule has 0 saturated carbocycles. The lowest BCUT2D eigenvalue weighted by molar-refractivity contribution is -0.119. The van der Waals surface area contributed by atoms with E-state index < -0.39 is 16.1 Å². The van der Waals surface area contributed by atoms with Crippen molar-refractivity contribution in [1.82, 2.24) is 9.29 Å². The third-order valence-electron chi connectivity index (χ3n) is 3.59. The van der Waals surface area contributed by atoms with Gasteiger partial charge in [0.15, 0.2) is 0 Å². The molecule has 120 valence electrons. The van der Waals surface area contributed by atoms with Crippen molar-refractivity contribution in [1.29, 1.82) is 0 Å². The molecule has 0 unspecified atom stereocenters. The number of hydrogen-bond acceptors (Lipinski definition) is 4. The summed E-state index contributed by atoms with van der Waals surface area (Å²) in [4.78, 5) is 23.5. The molecule has 0 radical (unpaired) electrons. The summed E-state index contributed by atoms with van der Waals surface area (Å²) in [7, 11) is -3.99. The molecular weight excluding hydrogens is 318 g/mol. The molecule has 0 fully saturated rings. The summed E-state index contributed by atoms with van der Waals surface area (Å²) in [6.07, 6.45) is 2.03. The van der Waals surface area contributed by atoms with Gasteiger partial charge >= 0.3 is 10.2 Å². The number of carbonyl (C=O) groups excluding carboxylic acids is 1. The minimum absolute atomic E-state index is 0.285. The second-order valence-electron chi connectivity index (χ2n) is 5.15. The molecule has 2 aromatic rings. The number of fused-ring (bicyclic) bond motifs is 1. The van der Waals surface area contributed by atoms with Gasteiger partial charge in [-0.25, -0.2) is 4.72 Å². The van der Waals surface area contributed by atoms with Crippen LogP contribution >= 0.6 is 0 Å². The molecule has 0 atom stereocenters. The van der Waals surface area contributed by atoms with Crippen LogP contribution < -0.4 is 14.6 Å². The maximum atomic E-state index is 12.4. The molecule has 0 saturated heterocycles. The van der Waals surface area contributed by atoms with Crippen molar-refractivity contribution < 1.29 is 13.2 Å². The average Bonchev–Trinajstić information content (AvgIpc) is 2.94. The van der Waals surface area contributed by atoms with E-state index >= 15 is 0 Å². The first-order valence-corrected chi connectivity index (χ1v) is 8.48. The molecule has 0 bridgehead atoms. The van der Waals surface area contributed by atoms with E-state index in [2.05, 4.69) is 0 Å². The summed E-state index contributed by atoms with van der Waals surface area (Å²) < 4.78 is 29.1. The Balaban J connectivity index is 1.76. The number of amides is 1. The molecule has 23 heavy (non-hydrogen) atoms. The zero-order valence-electron chi connectivity index (χ0n) is 12.2. The van der Waals surface area contributed by atoms with Crippen LogP contribution in [-0.2, 0) is 28.0 Å². The van der Waals surface area contributed by atoms with Crippen molar-refractivity contribution in [2.45, 2.75) is 13.0 Å². The fraction of sp³-hybridized carbons (Fsp3) is 0.200. The maximum Gasteiger partial charge on any atom is 0.326 e. The van der Waals surface area contributed by atoms with Crippen molar-refractivity contribution in [2.24, 2.45) is 0 Å². The highest BCUT2D eigenvalue weighted by molar-refractivity contribution is 7.91. The Morgan fingerprint density at radius 3 is 2.65 bits per heavy atom. The van der Waals surface area contributed by atoms with Gasteiger partial charge in [0.1, 0.15) is 6.54 Å². The number of pyridine rings is 1. The van der Waals surface area contributed by atoms with E-state index in [0.717, 1.165) is 10.1 Å². The van der Waals surface area contributed by atoms with Crippen LogP contribution in [0.2, 0.25) is 0 Å². The van der Waals surface area contributed by atoms with Gasteiger partial charge in [0.05, 0.1) is 5.69 Å². The fourth-order valence-corrected chi connectivity index (χ4v) is 3.77. The van der Waals surface area contributed by atoms with Crippen molar-refractivity contribution in [3.63, 3.8) is 0 Å².